The second-order valence-electron chi connectivity index (χ2n) is 5.36. The van der Waals surface area contributed by atoms with Crippen LogP contribution < -0.4 is 10.6 Å². The zero-order valence-corrected chi connectivity index (χ0v) is 13.1. The van der Waals surface area contributed by atoms with E-state index < -0.39 is 11.6 Å². The molecular weight excluding hydrogens is 312 g/mol. The van der Waals surface area contributed by atoms with Crippen molar-refractivity contribution in [1.82, 2.24) is 15.2 Å². The minimum Gasteiger partial charge on any atom is -0.339 e. The van der Waals surface area contributed by atoms with Gasteiger partial charge in [0.25, 0.3) is 0 Å². The third-order valence-corrected chi connectivity index (χ3v) is 3.38. The van der Waals surface area contributed by atoms with E-state index in [1.165, 1.54) is 12.3 Å². The lowest BCUT2D eigenvalue weighted by molar-refractivity contribution is 0.586. The zero-order chi connectivity index (χ0) is 17.1. The van der Waals surface area contributed by atoms with Crippen LogP contribution in [0.25, 0.3) is 0 Å². The van der Waals surface area contributed by atoms with Crippen LogP contribution in [-0.2, 0) is 0 Å². The van der Waals surface area contributed by atoms with Gasteiger partial charge in [0.15, 0.2) is 5.82 Å². The molecule has 7 heteroatoms. The van der Waals surface area contributed by atoms with E-state index >= 15 is 0 Å². The van der Waals surface area contributed by atoms with Gasteiger partial charge in [0.05, 0.1) is 11.9 Å². The van der Waals surface area contributed by atoms with Gasteiger partial charge in [-0.2, -0.15) is 10.1 Å². The van der Waals surface area contributed by atoms with Crippen molar-refractivity contribution in [3.05, 3.63) is 65.4 Å². The summed E-state index contributed by atoms with van der Waals surface area (Å²) in [5, 5.41) is 13.5. The van der Waals surface area contributed by atoms with Gasteiger partial charge in [-0.1, -0.05) is 17.7 Å². The zero-order valence-electron chi connectivity index (χ0n) is 13.1. The van der Waals surface area contributed by atoms with E-state index in [1.807, 2.05) is 32.0 Å². The number of nitrogens with zero attached hydrogens (tertiary/aromatic N) is 3. The van der Waals surface area contributed by atoms with E-state index in [4.69, 9.17) is 0 Å². The van der Waals surface area contributed by atoms with Gasteiger partial charge >= 0.3 is 0 Å². The number of halogens is 2. The quantitative estimate of drug-likeness (QED) is 0.750. The Morgan fingerprint density at radius 2 is 1.71 bits per heavy atom. The Balaban J connectivity index is 1.81. The van der Waals surface area contributed by atoms with E-state index in [2.05, 4.69) is 25.8 Å². The molecule has 0 fully saturated rings. The second kappa shape index (κ2) is 6.57. The number of aromatic nitrogens is 3. The normalized spacial score (nSPS) is 10.5. The lowest BCUT2D eigenvalue weighted by Crippen LogP contribution is -2.04. The highest BCUT2D eigenvalue weighted by atomic mass is 19.1. The highest BCUT2D eigenvalue weighted by Crippen LogP contribution is 2.22. The van der Waals surface area contributed by atoms with Gasteiger partial charge in [-0.3, -0.25) is 0 Å². The lowest BCUT2D eigenvalue weighted by atomic mass is 10.1. The summed E-state index contributed by atoms with van der Waals surface area (Å²) in [5.41, 5.74) is 3.18. The summed E-state index contributed by atoms with van der Waals surface area (Å²) < 4.78 is 26.6. The molecule has 0 amide bonds. The number of anilines is 4. The Bertz CT molecular complexity index is 814. The predicted molar refractivity (Wildman–Crippen MR) is 88.7 cm³/mol. The molecule has 24 heavy (non-hydrogen) atoms. The van der Waals surface area contributed by atoms with Crippen LogP contribution in [-0.4, -0.2) is 15.2 Å². The average molecular weight is 327 g/mol. The average Bonchev–Trinajstić information content (AvgIpc) is 2.53. The molecule has 122 valence electrons. The highest BCUT2D eigenvalue weighted by Gasteiger charge is 2.07. The van der Waals surface area contributed by atoms with Crippen LogP contribution in [0.3, 0.4) is 0 Å². The molecule has 0 unspecified atom stereocenters. The Morgan fingerprint density at radius 3 is 2.46 bits per heavy atom. The van der Waals surface area contributed by atoms with E-state index in [0.29, 0.717) is 5.82 Å². The van der Waals surface area contributed by atoms with Crippen molar-refractivity contribution >= 4 is 23.1 Å². The maximum atomic E-state index is 13.7. The standard InChI is InChI=1S/C17H15F2N5/c1-10-3-5-14(11(2)7-10)21-16-9-20-24-17(23-16)22-15-6-4-12(18)8-13(15)19/h3-9H,1-2H3,(H2,21,22,23,24). The van der Waals surface area contributed by atoms with Gasteiger partial charge in [-0.15, -0.1) is 5.10 Å². The lowest BCUT2D eigenvalue weighted by Gasteiger charge is -2.10. The van der Waals surface area contributed by atoms with Gasteiger partial charge < -0.3 is 10.6 Å². The first-order valence-corrected chi connectivity index (χ1v) is 7.27. The van der Waals surface area contributed by atoms with Crippen LogP contribution in [0.4, 0.5) is 31.9 Å². The highest BCUT2D eigenvalue weighted by molar-refractivity contribution is 5.62. The molecular formula is C17H15F2N5. The van der Waals surface area contributed by atoms with Gasteiger partial charge in [0, 0.05) is 11.8 Å². The van der Waals surface area contributed by atoms with Crippen LogP contribution in [0.5, 0.6) is 0 Å². The molecule has 1 heterocycles. The monoisotopic (exact) mass is 327 g/mol. The number of nitrogens with one attached hydrogen (secondary N) is 2. The molecule has 0 aliphatic heterocycles. The fourth-order valence-corrected chi connectivity index (χ4v) is 2.22. The minimum atomic E-state index is -0.730. The van der Waals surface area contributed by atoms with E-state index in [-0.39, 0.29) is 11.6 Å². The molecule has 0 radical (unpaired) electrons. The van der Waals surface area contributed by atoms with Crippen LogP contribution in [0.1, 0.15) is 11.1 Å². The Morgan fingerprint density at radius 1 is 0.917 bits per heavy atom. The van der Waals surface area contributed by atoms with Crippen molar-refractivity contribution in [3.63, 3.8) is 0 Å². The summed E-state index contributed by atoms with van der Waals surface area (Å²) in [5.74, 6) is -0.814. The molecule has 0 aliphatic rings. The molecule has 2 aromatic carbocycles. The van der Waals surface area contributed by atoms with Gasteiger partial charge in [0.1, 0.15) is 11.6 Å². The van der Waals surface area contributed by atoms with Crippen molar-refractivity contribution in [2.45, 2.75) is 13.8 Å². The Labute approximate surface area is 137 Å². The fourth-order valence-electron chi connectivity index (χ4n) is 2.22. The summed E-state index contributed by atoms with van der Waals surface area (Å²) in [6.07, 6.45) is 1.46. The fraction of sp³-hybridized carbons (Fsp3) is 0.118. The van der Waals surface area contributed by atoms with Crippen LogP contribution >= 0.6 is 0 Å². The Hall–Kier alpha value is -3.09. The molecule has 0 saturated heterocycles. The minimum absolute atomic E-state index is 0.0712. The summed E-state index contributed by atoms with van der Waals surface area (Å²) >= 11 is 0. The van der Waals surface area contributed by atoms with Crippen molar-refractivity contribution in [2.24, 2.45) is 0 Å². The molecule has 3 aromatic rings. The topological polar surface area (TPSA) is 62.7 Å². The molecule has 0 atom stereocenters. The number of benzene rings is 2. The molecule has 0 saturated carbocycles. The molecule has 0 aliphatic carbocycles. The van der Waals surface area contributed by atoms with Crippen LogP contribution in [0, 0.1) is 25.5 Å². The largest absolute Gasteiger partial charge is 0.339 e. The van der Waals surface area contributed by atoms with Crippen molar-refractivity contribution in [3.8, 4) is 0 Å². The van der Waals surface area contributed by atoms with Gasteiger partial charge in [-0.05, 0) is 37.6 Å². The summed E-state index contributed by atoms with van der Waals surface area (Å²) in [6, 6.07) is 9.18. The van der Waals surface area contributed by atoms with Crippen LogP contribution in [0.15, 0.2) is 42.6 Å². The summed E-state index contributed by atoms with van der Waals surface area (Å²) in [7, 11) is 0. The van der Waals surface area contributed by atoms with E-state index in [9.17, 15) is 8.78 Å². The molecule has 1 aromatic heterocycles. The maximum absolute atomic E-state index is 13.7. The molecule has 0 spiro atoms. The summed E-state index contributed by atoms with van der Waals surface area (Å²) in [4.78, 5) is 4.23. The number of hydrogen-bond acceptors (Lipinski definition) is 5. The van der Waals surface area contributed by atoms with E-state index in [0.717, 1.165) is 28.9 Å². The van der Waals surface area contributed by atoms with E-state index in [1.54, 1.807) is 0 Å². The van der Waals surface area contributed by atoms with Crippen molar-refractivity contribution in [1.29, 1.82) is 0 Å². The first-order chi connectivity index (χ1) is 11.5. The third kappa shape index (κ3) is 3.62. The van der Waals surface area contributed by atoms with Crippen LogP contribution in [0.2, 0.25) is 0 Å². The molecule has 5 nitrogen and oxygen atoms in total. The third-order valence-electron chi connectivity index (χ3n) is 3.38. The summed E-state index contributed by atoms with van der Waals surface area (Å²) in [6.45, 7) is 4.00. The predicted octanol–water partition coefficient (Wildman–Crippen LogP) is 4.25. The number of aryl methyl sites for hydroxylation is 2. The molecule has 3 rings (SSSR count). The first-order valence-electron chi connectivity index (χ1n) is 7.27. The SMILES string of the molecule is Cc1ccc(Nc2cnnc(Nc3ccc(F)cc3F)n2)c(C)c1. The first kappa shape index (κ1) is 15.8. The maximum Gasteiger partial charge on any atom is 0.249 e. The smallest absolute Gasteiger partial charge is 0.249 e. The van der Waals surface area contributed by atoms with Gasteiger partial charge in [0.2, 0.25) is 5.95 Å². The van der Waals surface area contributed by atoms with Crippen molar-refractivity contribution in [2.75, 3.05) is 10.6 Å². The Kier molecular flexibility index (Phi) is 4.33. The number of hydrogen-bond donors (Lipinski definition) is 2. The number of rotatable bonds is 4. The van der Waals surface area contributed by atoms with Crippen molar-refractivity contribution < 1.29 is 8.78 Å². The second-order valence-corrected chi connectivity index (χ2v) is 5.36. The molecule has 0 bridgehead atoms. The molecule has 2 N–H and O–H groups in total. The van der Waals surface area contributed by atoms with Gasteiger partial charge in [-0.25, -0.2) is 8.78 Å².